The van der Waals surface area contributed by atoms with Crippen molar-refractivity contribution in [1.82, 2.24) is 0 Å². The Kier molecular flexibility index (Phi) is 3.47. The zero-order valence-corrected chi connectivity index (χ0v) is 16.8. The molecule has 1 spiro atoms. The molecule has 6 rings (SSSR count). The van der Waals surface area contributed by atoms with E-state index >= 15 is 0 Å². The molecule has 6 aliphatic rings. The number of nitrogens with zero attached hydrogens (tertiary/aromatic N) is 1. The number of hydrogen-bond donors (Lipinski definition) is 0. The van der Waals surface area contributed by atoms with E-state index in [1.54, 1.807) is 0 Å². The van der Waals surface area contributed by atoms with Crippen molar-refractivity contribution >= 4 is 5.97 Å². The highest BCUT2D eigenvalue weighted by molar-refractivity contribution is 5.73. The van der Waals surface area contributed by atoms with Gasteiger partial charge in [0.25, 0.3) is 0 Å². The first-order valence-corrected chi connectivity index (χ1v) is 11.4. The molecule has 10 atom stereocenters. The summed E-state index contributed by atoms with van der Waals surface area (Å²) in [6.07, 6.45) is 12.7. The van der Waals surface area contributed by atoms with Gasteiger partial charge in [-0.15, -0.1) is 6.58 Å². The van der Waals surface area contributed by atoms with Crippen molar-refractivity contribution in [3.8, 4) is 0 Å². The number of allylic oxidation sites excluding steroid dienone is 2. The van der Waals surface area contributed by atoms with Crippen LogP contribution in [0.25, 0.3) is 0 Å². The van der Waals surface area contributed by atoms with Gasteiger partial charge in [-0.05, 0) is 80.5 Å². The Hall–Kier alpha value is -1.45. The molecule has 0 bridgehead atoms. The number of ether oxygens (including phenoxy) is 1. The Balaban J connectivity index is 1.40. The lowest BCUT2D eigenvalue weighted by Crippen LogP contribution is -2.56. The van der Waals surface area contributed by atoms with E-state index in [0.717, 1.165) is 31.6 Å². The molecule has 0 amide bonds. The van der Waals surface area contributed by atoms with Gasteiger partial charge in [-0.25, -0.2) is 0 Å². The van der Waals surface area contributed by atoms with Gasteiger partial charge in [0.05, 0.1) is 0 Å². The van der Waals surface area contributed by atoms with Crippen molar-refractivity contribution in [2.24, 2.45) is 52.0 Å². The number of nitroso groups, excluding NO2 is 1. The lowest BCUT2D eigenvalue weighted by Gasteiger charge is -2.59. The summed E-state index contributed by atoms with van der Waals surface area (Å²) in [6.45, 7) is 6.69. The minimum absolute atomic E-state index is 0.0310. The number of esters is 1. The van der Waals surface area contributed by atoms with Crippen molar-refractivity contribution in [3.05, 3.63) is 29.2 Å². The third-order valence-electron chi connectivity index (χ3n) is 10.1. The van der Waals surface area contributed by atoms with E-state index in [1.807, 2.05) is 0 Å². The monoisotopic (exact) mass is 381 g/mol. The second-order valence-corrected chi connectivity index (χ2v) is 10.8. The predicted molar refractivity (Wildman–Crippen MR) is 106 cm³/mol. The van der Waals surface area contributed by atoms with E-state index in [9.17, 15) is 9.70 Å². The molecule has 150 valence electrons. The summed E-state index contributed by atoms with van der Waals surface area (Å²) in [6, 6.07) is -0.123. The van der Waals surface area contributed by atoms with Gasteiger partial charge in [0, 0.05) is 17.8 Å². The summed E-state index contributed by atoms with van der Waals surface area (Å²) in [5.74, 6) is 4.50. The first-order chi connectivity index (χ1) is 13.5. The van der Waals surface area contributed by atoms with Gasteiger partial charge in [0.1, 0.15) is 11.6 Å². The van der Waals surface area contributed by atoms with Crippen LogP contribution in [-0.4, -0.2) is 17.6 Å². The first kappa shape index (κ1) is 17.4. The molecule has 5 fully saturated rings. The Morgan fingerprint density at radius 1 is 1.25 bits per heavy atom. The summed E-state index contributed by atoms with van der Waals surface area (Å²) in [5, 5.41) is 3.33. The highest BCUT2D eigenvalue weighted by Gasteiger charge is 2.79. The number of fused-ring (bicyclic) bond motifs is 9. The van der Waals surface area contributed by atoms with Gasteiger partial charge in [-0.2, -0.15) is 4.91 Å². The average Bonchev–Trinajstić information content (AvgIpc) is 3.35. The van der Waals surface area contributed by atoms with Gasteiger partial charge in [0.15, 0.2) is 0 Å². The summed E-state index contributed by atoms with van der Waals surface area (Å²) in [7, 11) is 0. The zero-order chi connectivity index (χ0) is 19.3. The second-order valence-electron chi connectivity index (χ2n) is 10.8. The van der Waals surface area contributed by atoms with Gasteiger partial charge in [-0.3, -0.25) is 4.79 Å². The molecular formula is C24H31NO3. The maximum Gasteiger partial charge on any atom is 0.306 e. The molecule has 4 saturated carbocycles. The fraction of sp³-hybridized carbons (Fsp3) is 0.792. The van der Waals surface area contributed by atoms with Crippen molar-refractivity contribution in [1.29, 1.82) is 0 Å². The maximum absolute atomic E-state index is 12.2. The third kappa shape index (κ3) is 1.95. The topological polar surface area (TPSA) is 55.7 Å². The van der Waals surface area contributed by atoms with E-state index in [4.69, 9.17) is 4.74 Å². The third-order valence-corrected chi connectivity index (χ3v) is 10.1. The van der Waals surface area contributed by atoms with Crippen LogP contribution in [0.4, 0.5) is 0 Å². The molecule has 0 aromatic heterocycles. The fourth-order valence-electron chi connectivity index (χ4n) is 9.08. The zero-order valence-electron chi connectivity index (χ0n) is 16.8. The Labute approximate surface area is 167 Å². The van der Waals surface area contributed by atoms with Crippen LogP contribution in [0.15, 0.2) is 29.5 Å². The molecule has 1 aliphatic heterocycles. The Morgan fingerprint density at radius 3 is 2.82 bits per heavy atom. The van der Waals surface area contributed by atoms with Crippen LogP contribution in [0.5, 0.6) is 0 Å². The van der Waals surface area contributed by atoms with Crippen LogP contribution < -0.4 is 0 Å². The molecule has 1 saturated heterocycles. The summed E-state index contributed by atoms with van der Waals surface area (Å²) < 4.78 is 6.20. The smallest absolute Gasteiger partial charge is 0.306 e. The van der Waals surface area contributed by atoms with Crippen LogP contribution in [0, 0.1) is 51.7 Å². The molecule has 1 heterocycles. The molecule has 4 nitrogen and oxygen atoms in total. The van der Waals surface area contributed by atoms with Gasteiger partial charge in [-0.1, -0.05) is 29.8 Å². The first-order valence-electron chi connectivity index (χ1n) is 11.4. The van der Waals surface area contributed by atoms with Crippen LogP contribution >= 0.6 is 0 Å². The molecule has 0 aromatic rings. The number of carbonyl (C=O) groups excluding carboxylic acids is 1. The van der Waals surface area contributed by atoms with Crippen LogP contribution in [0.1, 0.15) is 58.3 Å². The maximum atomic E-state index is 12.2. The summed E-state index contributed by atoms with van der Waals surface area (Å²) in [5.41, 5.74) is 1.45. The van der Waals surface area contributed by atoms with Gasteiger partial charge in [0.2, 0.25) is 0 Å². The number of hydrogen-bond acceptors (Lipinski definition) is 4. The lowest BCUT2D eigenvalue weighted by molar-refractivity contribution is -0.175. The number of carbonyl (C=O) groups is 1. The Morgan fingerprint density at radius 2 is 2.11 bits per heavy atom. The second kappa shape index (κ2) is 5.58. The van der Waals surface area contributed by atoms with E-state index in [0.29, 0.717) is 41.9 Å². The van der Waals surface area contributed by atoms with E-state index in [1.165, 1.54) is 24.8 Å². The largest absolute Gasteiger partial charge is 0.458 e. The molecule has 5 aliphatic carbocycles. The van der Waals surface area contributed by atoms with Crippen LogP contribution in [0.3, 0.4) is 0 Å². The molecular weight excluding hydrogens is 350 g/mol. The van der Waals surface area contributed by atoms with E-state index in [2.05, 4.69) is 30.8 Å². The highest BCUT2D eigenvalue weighted by Crippen LogP contribution is 2.78. The standard InChI is InChI=1S/C24H31NO3/c1-3-13-10-14-11-15(25-27)4-5-16(14)17-6-8-23(2)22(21(13)17)18-12-19(18)24(23)9-7-20(26)28-24/h3,11,13,15-19,21-22H,1,4-10,12H2,2H3/t13?,15?,16-,17?,18?,19?,21?,22?,23-,24-/m0/s1. The van der Waals surface area contributed by atoms with Gasteiger partial charge < -0.3 is 4.74 Å². The van der Waals surface area contributed by atoms with Crippen LogP contribution in [0.2, 0.25) is 0 Å². The van der Waals surface area contributed by atoms with Crippen LogP contribution in [-0.2, 0) is 9.53 Å². The lowest BCUT2D eigenvalue weighted by atomic mass is 9.46. The highest BCUT2D eigenvalue weighted by atomic mass is 16.6. The Bertz CT molecular complexity index is 789. The molecule has 4 heteroatoms. The molecule has 0 radical (unpaired) electrons. The number of rotatable bonds is 2. The van der Waals surface area contributed by atoms with E-state index < -0.39 is 0 Å². The predicted octanol–water partition coefficient (Wildman–Crippen LogP) is 5.04. The van der Waals surface area contributed by atoms with Crippen molar-refractivity contribution < 1.29 is 9.53 Å². The van der Waals surface area contributed by atoms with E-state index in [-0.39, 0.29) is 23.0 Å². The quantitative estimate of drug-likeness (QED) is 0.383. The SMILES string of the molecule is C=CC1CC2=CC(N=O)CC[C@@H]2C2CC[C@@]3(C)C(C4CC4[C@@]34CCC(=O)O4)C12. The van der Waals surface area contributed by atoms with Crippen molar-refractivity contribution in [3.63, 3.8) is 0 Å². The normalized spacial score (nSPS) is 56.0. The summed E-state index contributed by atoms with van der Waals surface area (Å²) >= 11 is 0. The molecule has 0 aromatic carbocycles. The average molecular weight is 382 g/mol. The fourth-order valence-corrected chi connectivity index (χ4v) is 9.08. The van der Waals surface area contributed by atoms with Crippen molar-refractivity contribution in [2.45, 2.75) is 69.9 Å². The molecule has 7 unspecified atom stereocenters. The minimum Gasteiger partial charge on any atom is -0.458 e. The van der Waals surface area contributed by atoms with Gasteiger partial charge >= 0.3 is 5.97 Å². The minimum atomic E-state index is -0.175. The molecule has 28 heavy (non-hydrogen) atoms. The summed E-state index contributed by atoms with van der Waals surface area (Å²) in [4.78, 5) is 23.3. The molecule has 0 N–H and O–H groups in total. The van der Waals surface area contributed by atoms with Crippen molar-refractivity contribution in [2.75, 3.05) is 0 Å².